The van der Waals surface area contributed by atoms with Crippen LogP contribution in [0.2, 0.25) is 0 Å². The van der Waals surface area contributed by atoms with Gasteiger partial charge in [0.1, 0.15) is 11.4 Å². The molecular weight excluding hydrogens is 391 g/mol. The normalized spacial score (nSPS) is 11.0. The molecule has 0 heterocycles. The maximum Gasteiger partial charge on any atom is 0.416 e. The third-order valence-corrected chi connectivity index (χ3v) is 4.06. The highest BCUT2D eigenvalue weighted by Crippen LogP contribution is 2.34. The molecule has 1 amide bonds. The first-order valence-electron chi connectivity index (χ1n) is 8.70. The van der Waals surface area contributed by atoms with Crippen LogP contribution in [0.3, 0.4) is 0 Å². The average molecular weight is 411 g/mol. The molecule has 2 aromatic carbocycles. The van der Waals surface area contributed by atoms with Crippen molar-refractivity contribution in [1.29, 1.82) is 0 Å². The molecule has 0 saturated heterocycles. The van der Waals surface area contributed by atoms with Crippen molar-refractivity contribution in [3.8, 4) is 5.75 Å². The first kappa shape index (κ1) is 22.0. The fourth-order valence-corrected chi connectivity index (χ4v) is 2.58. The predicted molar refractivity (Wildman–Crippen MR) is 101 cm³/mol. The van der Waals surface area contributed by atoms with Crippen LogP contribution in [0.5, 0.6) is 5.75 Å². The van der Waals surface area contributed by atoms with E-state index in [0.29, 0.717) is 18.2 Å². The van der Waals surface area contributed by atoms with Crippen molar-refractivity contribution in [1.82, 2.24) is 5.32 Å². The van der Waals surface area contributed by atoms with Gasteiger partial charge in [-0.1, -0.05) is 12.1 Å². The van der Waals surface area contributed by atoms with Gasteiger partial charge in [0.25, 0.3) is 5.69 Å². The SMILES string of the molecule is COc1cccc(CCC(=O)NCCNc2ccc(C(F)(F)F)cc2[N+](=O)[O-])c1. The number of alkyl halides is 3. The number of anilines is 1. The van der Waals surface area contributed by atoms with Crippen molar-refractivity contribution in [2.45, 2.75) is 19.0 Å². The van der Waals surface area contributed by atoms with E-state index in [0.717, 1.165) is 17.7 Å². The Morgan fingerprint density at radius 2 is 1.93 bits per heavy atom. The van der Waals surface area contributed by atoms with Gasteiger partial charge in [0.15, 0.2) is 0 Å². The lowest BCUT2D eigenvalue weighted by Gasteiger charge is -2.11. The number of nitrogens with one attached hydrogen (secondary N) is 2. The minimum Gasteiger partial charge on any atom is -0.497 e. The average Bonchev–Trinajstić information content (AvgIpc) is 2.69. The fourth-order valence-electron chi connectivity index (χ4n) is 2.58. The van der Waals surface area contributed by atoms with E-state index in [2.05, 4.69) is 10.6 Å². The van der Waals surface area contributed by atoms with Crippen molar-refractivity contribution in [3.05, 3.63) is 63.7 Å². The van der Waals surface area contributed by atoms with E-state index in [4.69, 9.17) is 4.74 Å². The molecule has 2 N–H and O–H groups in total. The summed E-state index contributed by atoms with van der Waals surface area (Å²) in [6.45, 7) is 0.284. The third-order valence-electron chi connectivity index (χ3n) is 4.06. The molecule has 29 heavy (non-hydrogen) atoms. The molecule has 0 aromatic heterocycles. The van der Waals surface area contributed by atoms with E-state index in [9.17, 15) is 28.1 Å². The summed E-state index contributed by atoms with van der Waals surface area (Å²) in [7, 11) is 1.56. The van der Waals surface area contributed by atoms with Gasteiger partial charge in [-0.25, -0.2) is 0 Å². The van der Waals surface area contributed by atoms with E-state index < -0.39 is 22.4 Å². The molecule has 0 saturated carbocycles. The number of hydrogen-bond donors (Lipinski definition) is 2. The van der Waals surface area contributed by atoms with Crippen molar-refractivity contribution in [2.75, 3.05) is 25.5 Å². The van der Waals surface area contributed by atoms with Crippen LogP contribution in [0.1, 0.15) is 17.5 Å². The van der Waals surface area contributed by atoms with Crippen LogP contribution in [-0.4, -0.2) is 31.0 Å². The number of nitrogens with zero attached hydrogens (tertiary/aromatic N) is 1. The number of benzene rings is 2. The van der Waals surface area contributed by atoms with E-state index in [1.165, 1.54) is 0 Å². The van der Waals surface area contributed by atoms with Gasteiger partial charge in [0, 0.05) is 25.6 Å². The number of carbonyl (C=O) groups excluding carboxylic acids is 1. The molecule has 0 aliphatic heterocycles. The summed E-state index contributed by atoms with van der Waals surface area (Å²) in [5.74, 6) is 0.488. The summed E-state index contributed by atoms with van der Waals surface area (Å²) in [5, 5.41) is 16.4. The van der Waals surface area contributed by atoms with E-state index in [1.54, 1.807) is 13.2 Å². The number of amides is 1. The van der Waals surface area contributed by atoms with E-state index in [-0.39, 0.29) is 31.1 Å². The Hall–Kier alpha value is -3.30. The summed E-state index contributed by atoms with van der Waals surface area (Å²) < 4.78 is 43.2. The molecule has 10 heteroatoms. The number of nitro benzene ring substituents is 1. The van der Waals surface area contributed by atoms with Crippen LogP contribution >= 0.6 is 0 Å². The first-order valence-corrected chi connectivity index (χ1v) is 8.70. The number of methoxy groups -OCH3 is 1. The molecule has 0 aliphatic carbocycles. The Labute approximate surface area is 165 Å². The number of nitro groups is 1. The fraction of sp³-hybridized carbons (Fsp3) is 0.316. The van der Waals surface area contributed by atoms with Gasteiger partial charge in [-0.2, -0.15) is 13.2 Å². The van der Waals surface area contributed by atoms with Gasteiger partial charge in [-0.3, -0.25) is 14.9 Å². The lowest BCUT2D eigenvalue weighted by molar-refractivity contribution is -0.384. The Balaban J connectivity index is 1.82. The van der Waals surface area contributed by atoms with Gasteiger partial charge < -0.3 is 15.4 Å². The second-order valence-electron chi connectivity index (χ2n) is 6.12. The smallest absolute Gasteiger partial charge is 0.416 e. The highest BCUT2D eigenvalue weighted by molar-refractivity contribution is 5.76. The van der Waals surface area contributed by atoms with Gasteiger partial charge in [-0.05, 0) is 36.2 Å². The number of ether oxygens (including phenoxy) is 1. The van der Waals surface area contributed by atoms with E-state index in [1.807, 2.05) is 18.2 Å². The summed E-state index contributed by atoms with van der Waals surface area (Å²) in [6, 6.07) is 9.59. The molecule has 0 spiro atoms. The zero-order chi connectivity index (χ0) is 21.4. The maximum absolute atomic E-state index is 12.7. The zero-order valence-electron chi connectivity index (χ0n) is 15.6. The first-order chi connectivity index (χ1) is 13.7. The summed E-state index contributed by atoms with van der Waals surface area (Å²) in [6.07, 6.45) is -3.91. The predicted octanol–water partition coefficient (Wildman–Crippen LogP) is 3.78. The molecule has 0 aliphatic rings. The zero-order valence-corrected chi connectivity index (χ0v) is 15.6. The third kappa shape index (κ3) is 6.66. The Morgan fingerprint density at radius 1 is 1.17 bits per heavy atom. The molecule has 0 radical (unpaired) electrons. The number of carbonyl (C=O) groups is 1. The van der Waals surface area contributed by atoms with Crippen LogP contribution in [0.25, 0.3) is 0 Å². The topological polar surface area (TPSA) is 93.5 Å². The summed E-state index contributed by atoms with van der Waals surface area (Å²) >= 11 is 0. The summed E-state index contributed by atoms with van der Waals surface area (Å²) in [5.41, 5.74) is -0.878. The van der Waals surface area contributed by atoms with Crippen molar-refractivity contribution in [2.24, 2.45) is 0 Å². The quantitative estimate of drug-likeness (QED) is 0.372. The largest absolute Gasteiger partial charge is 0.497 e. The Morgan fingerprint density at radius 3 is 2.59 bits per heavy atom. The molecular formula is C19H20F3N3O4. The van der Waals surface area contributed by atoms with E-state index >= 15 is 0 Å². The van der Waals surface area contributed by atoms with Gasteiger partial charge in [0.2, 0.25) is 5.91 Å². The molecule has 0 bridgehead atoms. The minimum atomic E-state index is -4.67. The molecule has 0 fully saturated rings. The lowest BCUT2D eigenvalue weighted by atomic mass is 10.1. The number of hydrogen-bond acceptors (Lipinski definition) is 5. The standard InChI is InChI=1S/C19H20F3N3O4/c1-29-15-4-2-3-13(11-15)5-8-18(26)24-10-9-23-16-7-6-14(19(20,21)22)12-17(16)25(27)28/h2-4,6-7,11-12,23H,5,8-10H2,1H3,(H,24,26). The number of rotatable bonds is 9. The van der Waals surface area contributed by atoms with Crippen LogP contribution in [0, 0.1) is 10.1 Å². The number of aryl methyl sites for hydroxylation is 1. The molecule has 0 unspecified atom stereocenters. The molecule has 0 atom stereocenters. The molecule has 156 valence electrons. The minimum absolute atomic E-state index is 0.0476. The van der Waals surface area contributed by atoms with Crippen molar-refractivity contribution < 1.29 is 27.6 Å². The maximum atomic E-state index is 12.7. The summed E-state index contributed by atoms with van der Waals surface area (Å²) in [4.78, 5) is 22.1. The monoisotopic (exact) mass is 411 g/mol. The van der Waals surface area contributed by atoms with Crippen LogP contribution < -0.4 is 15.4 Å². The lowest BCUT2D eigenvalue weighted by Crippen LogP contribution is -2.29. The van der Waals surface area contributed by atoms with Crippen LogP contribution in [0.4, 0.5) is 24.5 Å². The highest BCUT2D eigenvalue weighted by atomic mass is 19.4. The second kappa shape index (κ2) is 9.76. The van der Waals surface area contributed by atoms with Gasteiger partial charge in [-0.15, -0.1) is 0 Å². The Kier molecular flexibility index (Phi) is 7.40. The van der Waals surface area contributed by atoms with Crippen LogP contribution in [-0.2, 0) is 17.4 Å². The van der Waals surface area contributed by atoms with Crippen LogP contribution in [0.15, 0.2) is 42.5 Å². The Bertz CT molecular complexity index is 872. The van der Waals surface area contributed by atoms with Gasteiger partial charge in [0.05, 0.1) is 17.6 Å². The highest BCUT2D eigenvalue weighted by Gasteiger charge is 2.32. The second-order valence-corrected chi connectivity index (χ2v) is 6.12. The molecule has 7 nitrogen and oxygen atoms in total. The molecule has 2 rings (SSSR count). The molecule has 2 aromatic rings. The van der Waals surface area contributed by atoms with Gasteiger partial charge >= 0.3 is 6.18 Å². The van der Waals surface area contributed by atoms with Crippen molar-refractivity contribution >= 4 is 17.3 Å². The number of halogens is 3. The van der Waals surface area contributed by atoms with Crippen molar-refractivity contribution in [3.63, 3.8) is 0 Å².